The fraction of sp³-hybridized carbons (Fsp3) is 0.667. The molecule has 0 spiro atoms. The smallest absolute Gasteiger partial charge is 0.100 e. The number of thiophene rings is 1. The molecule has 1 aromatic rings. The van der Waals surface area contributed by atoms with Crippen molar-refractivity contribution in [3.05, 3.63) is 22.4 Å². The van der Waals surface area contributed by atoms with Gasteiger partial charge >= 0.3 is 0 Å². The maximum absolute atomic E-state index is 6.10. The molecule has 1 aliphatic rings. The zero-order valence-corrected chi connectivity index (χ0v) is 11.0. The Morgan fingerprint density at radius 2 is 2.38 bits per heavy atom. The van der Waals surface area contributed by atoms with Crippen molar-refractivity contribution in [2.24, 2.45) is 0 Å². The molecule has 16 heavy (non-hydrogen) atoms. The lowest BCUT2D eigenvalue weighted by atomic mass is 9.91. The standard InChI is InChI=1S/C12H17ClO2S/c1-2-5-14-12-10(13)7-11(12)15-8-9-4-3-6-16-9/h3-4,6,10-12H,2,5,7-8H2,1H3. The van der Waals surface area contributed by atoms with Gasteiger partial charge in [0.15, 0.2) is 0 Å². The van der Waals surface area contributed by atoms with Crippen molar-refractivity contribution in [1.82, 2.24) is 0 Å². The van der Waals surface area contributed by atoms with Crippen molar-refractivity contribution in [2.45, 2.75) is 44.0 Å². The molecule has 90 valence electrons. The van der Waals surface area contributed by atoms with Crippen LogP contribution in [0.25, 0.3) is 0 Å². The number of ether oxygens (including phenoxy) is 2. The molecular weight excluding hydrogens is 244 g/mol. The van der Waals surface area contributed by atoms with Gasteiger partial charge in [-0.05, 0) is 24.3 Å². The van der Waals surface area contributed by atoms with E-state index in [0.29, 0.717) is 6.61 Å². The summed E-state index contributed by atoms with van der Waals surface area (Å²) < 4.78 is 11.5. The van der Waals surface area contributed by atoms with Crippen molar-refractivity contribution in [3.63, 3.8) is 0 Å². The molecule has 3 atom stereocenters. The van der Waals surface area contributed by atoms with Gasteiger partial charge in [-0.15, -0.1) is 22.9 Å². The third-order valence-electron chi connectivity index (χ3n) is 2.71. The van der Waals surface area contributed by atoms with Gasteiger partial charge in [0.05, 0.1) is 18.1 Å². The van der Waals surface area contributed by atoms with E-state index < -0.39 is 0 Å². The predicted octanol–water partition coefficient (Wildman–Crippen LogP) is 3.44. The molecular formula is C12H17ClO2S. The molecule has 0 N–H and O–H groups in total. The summed E-state index contributed by atoms with van der Waals surface area (Å²) in [6.07, 6.45) is 2.19. The molecule has 0 aliphatic heterocycles. The first-order valence-electron chi connectivity index (χ1n) is 5.71. The van der Waals surface area contributed by atoms with E-state index in [1.54, 1.807) is 11.3 Å². The molecule has 1 heterocycles. The van der Waals surface area contributed by atoms with Crippen LogP contribution in [-0.2, 0) is 16.1 Å². The molecule has 0 aromatic carbocycles. The van der Waals surface area contributed by atoms with Crippen molar-refractivity contribution < 1.29 is 9.47 Å². The summed E-state index contributed by atoms with van der Waals surface area (Å²) >= 11 is 7.82. The van der Waals surface area contributed by atoms with Gasteiger partial charge in [0.1, 0.15) is 6.10 Å². The van der Waals surface area contributed by atoms with Crippen molar-refractivity contribution in [3.8, 4) is 0 Å². The Hall–Kier alpha value is -0.0900. The Morgan fingerprint density at radius 3 is 3.00 bits per heavy atom. The summed E-state index contributed by atoms with van der Waals surface area (Å²) in [4.78, 5) is 1.26. The van der Waals surface area contributed by atoms with E-state index in [9.17, 15) is 0 Å². The lowest BCUT2D eigenvalue weighted by Crippen LogP contribution is -2.51. The minimum Gasteiger partial charge on any atom is -0.374 e. The number of hydrogen-bond donors (Lipinski definition) is 0. The first kappa shape index (κ1) is 12.4. The fourth-order valence-corrected chi connectivity index (χ4v) is 2.78. The highest BCUT2D eigenvalue weighted by Crippen LogP contribution is 2.32. The minimum atomic E-state index is 0.0848. The zero-order chi connectivity index (χ0) is 11.4. The van der Waals surface area contributed by atoms with Crippen LogP contribution in [0.4, 0.5) is 0 Å². The van der Waals surface area contributed by atoms with Crippen LogP contribution in [0.15, 0.2) is 17.5 Å². The summed E-state index contributed by atoms with van der Waals surface area (Å²) in [5, 5.41) is 2.19. The average molecular weight is 261 g/mol. The quantitative estimate of drug-likeness (QED) is 0.730. The predicted molar refractivity (Wildman–Crippen MR) is 67.2 cm³/mol. The van der Waals surface area contributed by atoms with E-state index in [-0.39, 0.29) is 17.6 Å². The van der Waals surface area contributed by atoms with Gasteiger partial charge in [0.25, 0.3) is 0 Å². The summed E-state index contributed by atoms with van der Waals surface area (Å²) in [6, 6.07) is 4.13. The first-order valence-corrected chi connectivity index (χ1v) is 7.02. The van der Waals surface area contributed by atoms with Gasteiger partial charge in [-0.3, -0.25) is 0 Å². The van der Waals surface area contributed by atoms with Crippen LogP contribution in [0.1, 0.15) is 24.6 Å². The Balaban J connectivity index is 1.73. The molecule has 1 saturated carbocycles. The molecule has 0 bridgehead atoms. The lowest BCUT2D eigenvalue weighted by molar-refractivity contribution is -0.129. The van der Waals surface area contributed by atoms with Crippen molar-refractivity contribution in [1.29, 1.82) is 0 Å². The van der Waals surface area contributed by atoms with Crippen LogP contribution in [0.3, 0.4) is 0 Å². The maximum atomic E-state index is 6.10. The highest BCUT2D eigenvalue weighted by Gasteiger charge is 2.41. The Kier molecular flexibility index (Phi) is 4.65. The first-order chi connectivity index (χ1) is 7.81. The summed E-state index contributed by atoms with van der Waals surface area (Å²) in [5.41, 5.74) is 0. The summed E-state index contributed by atoms with van der Waals surface area (Å²) in [5.74, 6) is 0. The Bertz CT molecular complexity index is 302. The molecule has 0 saturated heterocycles. The normalized spacial score (nSPS) is 29.0. The fourth-order valence-electron chi connectivity index (χ4n) is 1.74. The van der Waals surface area contributed by atoms with Crippen LogP contribution in [0.2, 0.25) is 0 Å². The number of hydrogen-bond acceptors (Lipinski definition) is 3. The van der Waals surface area contributed by atoms with E-state index in [4.69, 9.17) is 21.1 Å². The van der Waals surface area contributed by atoms with Gasteiger partial charge in [0.2, 0.25) is 0 Å². The molecule has 4 heteroatoms. The van der Waals surface area contributed by atoms with Crippen molar-refractivity contribution >= 4 is 22.9 Å². The van der Waals surface area contributed by atoms with Gasteiger partial charge in [0, 0.05) is 11.5 Å². The minimum absolute atomic E-state index is 0.0848. The number of alkyl halides is 1. The average Bonchev–Trinajstić information content (AvgIpc) is 2.77. The van der Waals surface area contributed by atoms with Crippen LogP contribution in [0, 0.1) is 0 Å². The van der Waals surface area contributed by atoms with Crippen LogP contribution in [-0.4, -0.2) is 24.2 Å². The Labute approximate surface area is 106 Å². The summed E-state index contributed by atoms with van der Waals surface area (Å²) in [6.45, 7) is 3.55. The molecule has 0 radical (unpaired) electrons. The number of rotatable bonds is 6. The molecule has 1 aromatic heterocycles. The van der Waals surface area contributed by atoms with E-state index in [1.807, 2.05) is 6.07 Å². The van der Waals surface area contributed by atoms with E-state index in [2.05, 4.69) is 18.4 Å². The van der Waals surface area contributed by atoms with E-state index in [1.165, 1.54) is 4.88 Å². The second-order valence-corrected chi connectivity index (χ2v) is 5.61. The van der Waals surface area contributed by atoms with E-state index in [0.717, 1.165) is 19.4 Å². The highest BCUT2D eigenvalue weighted by atomic mass is 35.5. The molecule has 1 aliphatic carbocycles. The largest absolute Gasteiger partial charge is 0.374 e. The second-order valence-electron chi connectivity index (χ2n) is 4.02. The van der Waals surface area contributed by atoms with Crippen LogP contribution in [0.5, 0.6) is 0 Å². The van der Waals surface area contributed by atoms with Crippen molar-refractivity contribution in [2.75, 3.05) is 6.61 Å². The highest BCUT2D eigenvalue weighted by molar-refractivity contribution is 7.09. The Morgan fingerprint density at radius 1 is 1.50 bits per heavy atom. The van der Waals surface area contributed by atoms with Gasteiger partial charge < -0.3 is 9.47 Å². The molecule has 2 rings (SSSR count). The lowest BCUT2D eigenvalue weighted by Gasteiger charge is -2.40. The third-order valence-corrected chi connectivity index (χ3v) is 3.99. The van der Waals surface area contributed by atoms with E-state index >= 15 is 0 Å². The molecule has 2 nitrogen and oxygen atoms in total. The van der Waals surface area contributed by atoms with Gasteiger partial charge in [-0.25, -0.2) is 0 Å². The zero-order valence-electron chi connectivity index (χ0n) is 9.40. The maximum Gasteiger partial charge on any atom is 0.100 e. The summed E-state index contributed by atoms with van der Waals surface area (Å²) in [7, 11) is 0. The third kappa shape index (κ3) is 2.98. The molecule has 0 amide bonds. The van der Waals surface area contributed by atoms with Gasteiger partial charge in [-0.1, -0.05) is 13.0 Å². The SMILES string of the molecule is CCCOC1C(Cl)CC1OCc1cccs1. The van der Waals surface area contributed by atoms with Gasteiger partial charge in [-0.2, -0.15) is 0 Å². The monoisotopic (exact) mass is 260 g/mol. The second kappa shape index (κ2) is 6.01. The molecule has 3 unspecified atom stereocenters. The van der Waals surface area contributed by atoms with Crippen LogP contribution >= 0.6 is 22.9 Å². The molecule has 1 fully saturated rings. The topological polar surface area (TPSA) is 18.5 Å². The van der Waals surface area contributed by atoms with Crippen LogP contribution < -0.4 is 0 Å². The number of halogens is 1.